The van der Waals surface area contributed by atoms with Crippen molar-refractivity contribution >= 4 is 53.4 Å². The van der Waals surface area contributed by atoms with Gasteiger partial charge in [-0.05, 0) is 24.3 Å². The predicted molar refractivity (Wildman–Crippen MR) is 90.2 cm³/mol. The van der Waals surface area contributed by atoms with Gasteiger partial charge in [-0.25, -0.2) is 4.79 Å². The van der Waals surface area contributed by atoms with Crippen LogP contribution in [0.5, 0.6) is 5.75 Å². The molecule has 0 unspecified atom stereocenters. The Labute approximate surface area is 147 Å². The van der Waals surface area contributed by atoms with E-state index in [4.69, 9.17) is 44.1 Å². The van der Waals surface area contributed by atoms with Gasteiger partial charge < -0.3 is 9.26 Å². The van der Waals surface area contributed by atoms with Crippen molar-refractivity contribution in [3.8, 4) is 5.75 Å². The van der Waals surface area contributed by atoms with Crippen LogP contribution in [0.25, 0.3) is 0 Å². The molecular weight excluding hydrogens is 381 g/mol. The molecular formula is C15H10Cl3O4P. The number of alkyl halides is 3. The van der Waals surface area contributed by atoms with Gasteiger partial charge in [0.15, 0.2) is 0 Å². The zero-order valence-corrected chi connectivity index (χ0v) is 14.6. The van der Waals surface area contributed by atoms with Crippen LogP contribution in [0.3, 0.4) is 0 Å². The summed E-state index contributed by atoms with van der Waals surface area (Å²) in [5.41, 5.74) is 0.125. The molecule has 8 heteroatoms. The fourth-order valence-corrected chi connectivity index (χ4v) is 5.65. The zero-order chi connectivity index (χ0) is 16.7. The number of ether oxygens (including phenoxy) is 1. The highest BCUT2D eigenvalue weighted by Crippen LogP contribution is 2.60. The van der Waals surface area contributed by atoms with Crippen LogP contribution in [0.4, 0.5) is 0 Å². The molecule has 1 aliphatic rings. The highest BCUT2D eigenvalue weighted by Gasteiger charge is 2.54. The molecule has 0 aliphatic carbocycles. The molecule has 0 N–H and O–H groups in total. The topological polar surface area (TPSA) is 52.6 Å². The minimum Gasteiger partial charge on any atom is -0.442 e. The van der Waals surface area contributed by atoms with E-state index >= 15 is 0 Å². The van der Waals surface area contributed by atoms with Crippen LogP contribution in [0.2, 0.25) is 0 Å². The van der Waals surface area contributed by atoms with Crippen LogP contribution in [-0.4, -0.2) is 15.6 Å². The SMILES string of the molecule is O=C1O[C@@H](C(Cl)(Cl)Cl)[P@@](=O)(c2ccccc2)Oc2ccccc21. The lowest BCUT2D eigenvalue weighted by Crippen LogP contribution is -2.34. The number of hydrogen-bond donors (Lipinski definition) is 0. The van der Waals surface area contributed by atoms with E-state index in [2.05, 4.69) is 0 Å². The van der Waals surface area contributed by atoms with Gasteiger partial charge in [0.05, 0.1) is 5.30 Å². The Morgan fingerprint density at radius 2 is 1.57 bits per heavy atom. The first kappa shape index (κ1) is 16.7. The van der Waals surface area contributed by atoms with E-state index in [0.29, 0.717) is 5.30 Å². The Bertz CT molecular complexity index is 789. The van der Waals surface area contributed by atoms with E-state index in [0.717, 1.165) is 0 Å². The van der Waals surface area contributed by atoms with Gasteiger partial charge in [-0.2, -0.15) is 0 Å². The van der Waals surface area contributed by atoms with Crippen molar-refractivity contribution < 1.29 is 18.6 Å². The summed E-state index contributed by atoms with van der Waals surface area (Å²) in [7, 11) is -3.85. The molecule has 3 rings (SSSR count). The normalized spacial score (nSPS) is 24.1. The van der Waals surface area contributed by atoms with Crippen LogP contribution in [0.1, 0.15) is 10.4 Å². The number of para-hydroxylation sites is 1. The van der Waals surface area contributed by atoms with E-state index in [1.54, 1.807) is 42.5 Å². The van der Waals surface area contributed by atoms with Crippen molar-refractivity contribution in [3.63, 3.8) is 0 Å². The molecule has 0 aromatic heterocycles. The highest BCUT2D eigenvalue weighted by molar-refractivity contribution is 7.68. The van der Waals surface area contributed by atoms with Gasteiger partial charge >= 0.3 is 13.3 Å². The van der Waals surface area contributed by atoms with Crippen molar-refractivity contribution in [1.29, 1.82) is 0 Å². The van der Waals surface area contributed by atoms with Crippen molar-refractivity contribution in [3.05, 3.63) is 60.2 Å². The third kappa shape index (κ3) is 3.09. The Balaban J connectivity index is 2.22. The summed E-state index contributed by atoms with van der Waals surface area (Å²) in [6.07, 6.45) is 0. The Morgan fingerprint density at radius 1 is 0.957 bits per heavy atom. The lowest BCUT2D eigenvalue weighted by Gasteiger charge is -2.29. The highest BCUT2D eigenvalue weighted by atomic mass is 35.6. The minimum absolute atomic E-state index is 0.125. The quantitative estimate of drug-likeness (QED) is 0.407. The smallest absolute Gasteiger partial charge is 0.342 e. The van der Waals surface area contributed by atoms with E-state index in [1.165, 1.54) is 12.1 Å². The number of benzene rings is 2. The molecule has 0 fully saturated rings. The molecule has 0 amide bonds. The summed E-state index contributed by atoms with van der Waals surface area (Å²) in [5.74, 6) is -2.20. The maximum absolute atomic E-state index is 13.6. The van der Waals surface area contributed by atoms with E-state index < -0.39 is 23.0 Å². The molecule has 0 saturated heterocycles. The third-order valence-electron chi connectivity index (χ3n) is 3.26. The first-order chi connectivity index (χ1) is 10.8. The van der Waals surface area contributed by atoms with Crippen molar-refractivity contribution in [2.75, 3.05) is 0 Å². The van der Waals surface area contributed by atoms with Crippen molar-refractivity contribution in [1.82, 2.24) is 0 Å². The van der Waals surface area contributed by atoms with Gasteiger partial charge in [0.2, 0.25) is 9.64 Å². The Hall–Kier alpha value is -1.19. The number of carbonyl (C=O) groups is 1. The number of cyclic esters (lactones) is 1. The average Bonchev–Trinajstić information content (AvgIpc) is 2.64. The number of halogens is 3. The second kappa shape index (κ2) is 6.03. The third-order valence-corrected chi connectivity index (χ3v) is 6.91. The first-order valence-electron chi connectivity index (χ1n) is 6.54. The van der Waals surface area contributed by atoms with Crippen LogP contribution < -0.4 is 9.83 Å². The van der Waals surface area contributed by atoms with Gasteiger partial charge in [0.25, 0.3) is 0 Å². The van der Waals surface area contributed by atoms with E-state index in [9.17, 15) is 9.36 Å². The molecule has 23 heavy (non-hydrogen) atoms. The monoisotopic (exact) mass is 390 g/mol. The van der Waals surface area contributed by atoms with Crippen LogP contribution in [0.15, 0.2) is 54.6 Å². The predicted octanol–water partition coefficient (Wildman–Crippen LogP) is 4.54. The summed E-state index contributed by atoms with van der Waals surface area (Å²) in [6.45, 7) is 0. The number of esters is 1. The van der Waals surface area contributed by atoms with Crippen LogP contribution in [0, 0.1) is 0 Å². The molecule has 2 aromatic carbocycles. The van der Waals surface area contributed by atoms with Crippen molar-refractivity contribution in [2.24, 2.45) is 0 Å². The summed E-state index contributed by atoms with van der Waals surface area (Å²) in [5, 5.41) is 0.292. The summed E-state index contributed by atoms with van der Waals surface area (Å²) >= 11 is 17.8. The van der Waals surface area contributed by atoms with Gasteiger partial charge in [-0.3, -0.25) is 4.57 Å². The van der Waals surface area contributed by atoms with E-state index in [-0.39, 0.29) is 11.3 Å². The molecule has 120 valence electrons. The maximum atomic E-state index is 13.6. The minimum atomic E-state index is -3.85. The second-order valence-corrected chi connectivity index (χ2v) is 9.55. The van der Waals surface area contributed by atoms with Gasteiger partial charge in [-0.15, -0.1) is 0 Å². The lowest BCUT2D eigenvalue weighted by atomic mass is 10.2. The number of rotatable bonds is 1. The molecule has 2 aromatic rings. The van der Waals surface area contributed by atoms with Crippen LogP contribution >= 0.6 is 42.2 Å². The largest absolute Gasteiger partial charge is 0.442 e. The van der Waals surface area contributed by atoms with Crippen molar-refractivity contribution in [2.45, 2.75) is 9.64 Å². The van der Waals surface area contributed by atoms with Crippen LogP contribution in [-0.2, 0) is 9.30 Å². The molecule has 2 atom stereocenters. The molecule has 0 saturated carbocycles. The Kier molecular flexibility index (Phi) is 4.37. The molecule has 0 bridgehead atoms. The fourth-order valence-electron chi connectivity index (χ4n) is 2.23. The summed E-state index contributed by atoms with van der Waals surface area (Å²) in [6, 6.07) is 14.5. The molecule has 0 spiro atoms. The average molecular weight is 392 g/mol. The molecule has 4 nitrogen and oxygen atoms in total. The second-order valence-electron chi connectivity index (χ2n) is 4.82. The standard InChI is InChI=1S/C15H10Cl3O4P/c16-15(17,18)14-21-13(19)11-8-4-5-9-12(11)22-23(14,20)10-6-2-1-3-7-10/h1-9,14H/t14-,23-/m1/s1. The van der Waals surface area contributed by atoms with Gasteiger partial charge in [0, 0.05) is 0 Å². The summed E-state index contributed by atoms with van der Waals surface area (Å²) < 4.78 is 22.4. The number of hydrogen-bond acceptors (Lipinski definition) is 4. The first-order valence-corrected chi connectivity index (χ1v) is 9.37. The molecule has 0 radical (unpaired) electrons. The molecule has 1 aliphatic heterocycles. The van der Waals surface area contributed by atoms with Gasteiger partial charge in [-0.1, -0.05) is 65.1 Å². The molecule has 1 heterocycles. The van der Waals surface area contributed by atoms with Gasteiger partial charge in [0.1, 0.15) is 11.3 Å². The van der Waals surface area contributed by atoms with E-state index in [1.807, 2.05) is 0 Å². The Morgan fingerprint density at radius 3 is 2.22 bits per heavy atom. The summed E-state index contributed by atoms with van der Waals surface area (Å²) in [4.78, 5) is 12.3. The number of carbonyl (C=O) groups excluding carboxylic acids is 1. The maximum Gasteiger partial charge on any atom is 0.342 e. The number of fused-ring (bicyclic) bond motifs is 1. The fraction of sp³-hybridized carbons (Fsp3) is 0.133. The lowest BCUT2D eigenvalue weighted by molar-refractivity contribution is 0.0449. The zero-order valence-electron chi connectivity index (χ0n) is 11.5.